The normalized spacial score (nSPS) is 23.3. The fourth-order valence-corrected chi connectivity index (χ4v) is 4.57. The highest BCUT2D eigenvalue weighted by atomic mass is 35.5. The lowest BCUT2D eigenvalue weighted by molar-refractivity contribution is -0.384. The number of nitrogens with one attached hydrogen (secondary N) is 1. The average molecular weight is 389 g/mol. The number of benzene rings is 2. The SMILES string of the molecule is Cc1cc([N+](=O)[O-])c2c(c1C)[C@@H]1C=CC[C@@H]1[C@@H](c1ccc(Cl)c(Cl)c1)N2. The maximum Gasteiger partial charge on any atom is 0.292 e. The Kier molecular flexibility index (Phi) is 4.20. The number of hydrogen-bond acceptors (Lipinski definition) is 3. The van der Waals surface area contributed by atoms with E-state index >= 15 is 0 Å². The van der Waals surface area contributed by atoms with Crippen molar-refractivity contribution in [3.8, 4) is 0 Å². The number of aryl methyl sites for hydroxylation is 1. The van der Waals surface area contributed by atoms with Crippen LogP contribution in [0.4, 0.5) is 11.4 Å². The zero-order valence-electron chi connectivity index (χ0n) is 14.4. The third-order valence-corrected chi connectivity index (χ3v) is 6.39. The van der Waals surface area contributed by atoms with E-state index in [9.17, 15) is 10.1 Å². The standard InChI is InChI=1S/C20H18Cl2N2O2/c1-10-8-17(24(25)26)20-18(11(10)2)13-4-3-5-14(13)19(23-20)12-6-7-15(21)16(22)9-12/h3-4,6-9,13-14,19,23H,5H2,1-2H3/t13-,14+,19-/m1/s1. The molecule has 0 saturated heterocycles. The lowest BCUT2D eigenvalue weighted by atomic mass is 9.74. The van der Waals surface area contributed by atoms with Gasteiger partial charge in [-0.15, -0.1) is 0 Å². The number of allylic oxidation sites excluding steroid dienone is 2. The van der Waals surface area contributed by atoms with Gasteiger partial charge < -0.3 is 5.32 Å². The van der Waals surface area contributed by atoms with E-state index in [4.69, 9.17) is 23.2 Å². The van der Waals surface area contributed by atoms with Crippen LogP contribution in [-0.4, -0.2) is 4.92 Å². The van der Waals surface area contributed by atoms with E-state index in [1.165, 1.54) is 0 Å². The summed E-state index contributed by atoms with van der Waals surface area (Å²) in [6.45, 7) is 3.98. The molecule has 2 aromatic carbocycles. The molecule has 2 aliphatic rings. The summed E-state index contributed by atoms with van der Waals surface area (Å²) in [7, 11) is 0. The van der Waals surface area contributed by atoms with Gasteiger partial charge in [0.05, 0.1) is 21.0 Å². The van der Waals surface area contributed by atoms with Gasteiger partial charge in [0.15, 0.2) is 0 Å². The van der Waals surface area contributed by atoms with Crippen LogP contribution in [-0.2, 0) is 0 Å². The molecule has 1 N–H and O–H groups in total. The molecule has 1 heterocycles. The predicted molar refractivity (Wildman–Crippen MR) is 105 cm³/mol. The summed E-state index contributed by atoms with van der Waals surface area (Å²) in [6.07, 6.45) is 5.28. The van der Waals surface area contributed by atoms with Crippen molar-refractivity contribution in [3.63, 3.8) is 0 Å². The van der Waals surface area contributed by atoms with Gasteiger partial charge in [-0.2, -0.15) is 0 Å². The Balaban J connectivity index is 1.90. The Morgan fingerprint density at radius 2 is 1.96 bits per heavy atom. The van der Waals surface area contributed by atoms with Gasteiger partial charge in [-0.05, 0) is 60.6 Å². The largest absolute Gasteiger partial charge is 0.372 e. The maximum atomic E-state index is 11.7. The summed E-state index contributed by atoms with van der Waals surface area (Å²) >= 11 is 12.3. The zero-order valence-corrected chi connectivity index (χ0v) is 15.9. The van der Waals surface area contributed by atoms with Gasteiger partial charge in [-0.25, -0.2) is 0 Å². The first-order chi connectivity index (χ1) is 12.4. The summed E-state index contributed by atoms with van der Waals surface area (Å²) < 4.78 is 0. The van der Waals surface area contributed by atoms with Crippen LogP contribution in [0.25, 0.3) is 0 Å². The van der Waals surface area contributed by atoms with E-state index in [1.807, 2.05) is 26.0 Å². The number of halogens is 2. The molecule has 0 saturated carbocycles. The highest BCUT2D eigenvalue weighted by Crippen LogP contribution is 2.53. The Labute approximate surface area is 162 Å². The molecule has 6 heteroatoms. The number of hydrogen-bond donors (Lipinski definition) is 1. The second-order valence-corrected chi connectivity index (χ2v) is 7.85. The van der Waals surface area contributed by atoms with E-state index < -0.39 is 0 Å². The predicted octanol–water partition coefficient (Wildman–Crippen LogP) is 6.34. The molecule has 0 unspecified atom stereocenters. The topological polar surface area (TPSA) is 55.2 Å². The molecule has 4 nitrogen and oxygen atoms in total. The lowest BCUT2D eigenvalue weighted by Crippen LogP contribution is -2.30. The zero-order chi connectivity index (χ0) is 18.6. The molecule has 1 aliphatic carbocycles. The number of nitro groups is 1. The van der Waals surface area contributed by atoms with E-state index in [0.717, 1.165) is 28.7 Å². The minimum Gasteiger partial charge on any atom is -0.372 e. The van der Waals surface area contributed by atoms with Crippen LogP contribution in [0.5, 0.6) is 0 Å². The third kappa shape index (κ3) is 2.60. The lowest BCUT2D eigenvalue weighted by Gasteiger charge is -2.38. The van der Waals surface area contributed by atoms with Gasteiger partial charge in [0.1, 0.15) is 5.69 Å². The van der Waals surface area contributed by atoms with Gasteiger partial charge in [0.25, 0.3) is 5.69 Å². The van der Waals surface area contributed by atoms with Gasteiger partial charge in [-0.3, -0.25) is 10.1 Å². The van der Waals surface area contributed by atoms with Crippen LogP contribution >= 0.6 is 23.2 Å². The number of nitro benzene ring substituents is 1. The maximum absolute atomic E-state index is 11.7. The van der Waals surface area contributed by atoms with Crippen molar-refractivity contribution in [2.45, 2.75) is 32.2 Å². The van der Waals surface area contributed by atoms with E-state index in [-0.39, 0.29) is 22.6 Å². The monoisotopic (exact) mass is 388 g/mol. The molecule has 26 heavy (non-hydrogen) atoms. The molecule has 4 rings (SSSR count). The average Bonchev–Trinajstić information content (AvgIpc) is 3.08. The van der Waals surface area contributed by atoms with Crippen molar-refractivity contribution in [1.29, 1.82) is 0 Å². The van der Waals surface area contributed by atoms with Crippen LogP contribution in [0.3, 0.4) is 0 Å². The second kappa shape index (κ2) is 6.29. The first-order valence-corrected chi connectivity index (χ1v) is 9.30. The highest BCUT2D eigenvalue weighted by molar-refractivity contribution is 6.42. The van der Waals surface area contributed by atoms with Crippen LogP contribution in [0, 0.1) is 29.9 Å². The highest BCUT2D eigenvalue weighted by Gasteiger charge is 2.41. The first kappa shape index (κ1) is 17.4. The fourth-order valence-electron chi connectivity index (χ4n) is 4.26. The van der Waals surface area contributed by atoms with Gasteiger partial charge >= 0.3 is 0 Å². The van der Waals surface area contributed by atoms with Crippen LogP contribution < -0.4 is 5.32 Å². The minimum absolute atomic E-state index is 0.0573. The first-order valence-electron chi connectivity index (χ1n) is 8.55. The van der Waals surface area contributed by atoms with Crippen molar-refractivity contribution >= 4 is 34.6 Å². The molecule has 0 aromatic heterocycles. The Hall–Kier alpha value is -2.04. The summed E-state index contributed by atoms with van der Waals surface area (Å²) in [5.41, 5.74) is 4.87. The molecule has 0 amide bonds. The Morgan fingerprint density at radius 3 is 2.65 bits per heavy atom. The van der Waals surface area contributed by atoms with Crippen LogP contribution in [0.1, 0.15) is 40.6 Å². The van der Waals surface area contributed by atoms with Crippen molar-refractivity contribution < 1.29 is 4.92 Å². The van der Waals surface area contributed by atoms with Gasteiger partial charge in [0.2, 0.25) is 0 Å². The van der Waals surface area contributed by atoms with E-state index in [0.29, 0.717) is 21.7 Å². The summed E-state index contributed by atoms with van der Waals surface area (Å²) in [6, 6.07) is 7.18. The van der Waals surface area contributed by atoms with Crippen molar-refractivity contribution in [2.75, 3.05) is 5.32 Å². The fraction of sp³-hybridized carbons (Fsp3) is 0.300. The van der Waals surface area contributed by atoms with E-state index in [1.54, 1.807) is 12.1 Å². The van der Waals surface area contributed by atoms with Crippen molar-refractivity contribution in [3.05, 3.63) is 78.8 Å². The Bertz CT molecular complexity index is 955. The molecular weight excluding hydrogens is 371 g/mol. The summed E-state index contributed by atoms with van der Waals surface area (Å²) in [5.74, 6) is 0.448. The van der Waals surface area contributed by atoms with Crippen LogP contribution in [0.2, 0.25) is 10.0 Å². The van der Waals surface area contributed by atoms with Crippen LogP contribution in [0.15, 0.2) is 36.4 Å². The van der Waals surface area contributed by atoms with Crippen molar-refractivity contribution in [2.24, 2.45) is 5.92 Å². The van der Waals surface area contributed by atoms with Crippen molar-refractivity contribution in [1.82, 2.24) is 0 Å². The molecular formula is C20H18Cl2N2O2. The van der Waals surface area contributed by atoms with E-state index in [2.05, 4.69) is 17.5 Å². The number of nitrogens with zero attached hydrogens (tertiary/aromatic N) is 1. The third-order valence-electron chi connectivity index (χ3n) is 5.65. The molecule has 134 valence electrons. The molecule has 0 fully saturated rings. The summed E-state index contributed by atoms with van der Waals surface area (Å²) in [4.78, 5) is 11.4. The molecule has 0 radical (unpaired) electrons. The molecule has 1 aliphatic heterocycles. The molecule has 3 atom stereocenters. The smallest absolute Gasteiger partial charge is 0.292 e. The molecule has 0 bridgehead atoms. The summed E-state index contributed by atoms with van der Waals surface area (Å²) in [5, 5.41) is 16.1. The number of anilines is 1. The minimum atomic E-state index is -0.302. The molecule has 0 spiro atoms. The molecule has 2 aromatic rings. The Morgan fingerprint density at radius 1 is 1.19 bits per heavy atom. The number of fused-ring (bicyclic) bond motifs is 3. The van der Waals surface area contributed by atoms with Gasteiger partial charge in [-0.1, -0.05) is 41.4 Å². The quantitative estimate of drug-likeness (QED) is 0.370. The number of rotatable bonds is 2. The second-order valence-electron chi connectivity index (χ2n) is 7.03. The van der Waals surface area contributed by atoms with Gasteiger partial charge in [0, 0.05) is 12.0 Å².